The first-order chi connectivity index (χ1) is 24.5. The minimum absolute atomic E-state index is 0.0257. The maximum atomic E-state index is 12.8. The van der Waals surface area contributed by atoms with Crippen molar-refractivity contribution in [3.8, 4) is 17.2 Å². The van der Waals surface area contributed by atoms with Crippen LogP contribution in [-0.2, 0) is 30.5 Å². The molecule has 0 radical (unpaired) electrons. The highest BCUT2D eigenvalue weighted by Gasteiger charge is 2.31. The fraction of sp³-hybridized carbons (Fsp3) is 0.241. The second kappa shape index (κ2) is 17.2. The molecule has 0 aliphatic carbocycles. The van der Waals surface area contributed by atoms with Gasteiger partial charge in [-0.05, 0) is 50.2 Å². The van der Waals surface area contributed by atoms with Crippen molar-refractivity contribution >= 4 is 68.1 Å². The van der Waals surface area contributed by atoms with Crippen molar-refractivity contribution in [2.24, 2.45) is 0 Å². The number of hydrogen-bond donors (Lipinski definition) is 1. The molecule has 1 N–H and O–H groups in total. The number of nitrogens with zero attached hydrogens (tertiary/aromatic N) is 4. The molecule has 0 aliphatic heterocycles. The number of rotatable bonds is 11. The quantitative estimate of drug-likeness (QED) is 0.0696. The molecule has 53 heavy (non-hydrogen) atoms. The van der Waals surface area contributed by atoms with Crippen LogP contribution in [0.15, 0.2) is 53.3 Å². The van der Waals surface area contributed by atoms with E-state index in [1.54, 1.807) is 0 Å². The minimum Gasteiger partial charge on any atom is -0.463 e. The van der Waals surface area contributed by atoms with E-state index in [1.807, 2.05) is 0 Å². The normalized spacial score (nSPS) is 11.4. The topological polar surface area (TPSA) is 191 Å². The Morgan fingerprint density at radius 2 is 1.68 bits per heavy atom. The van der Waals surface area contributed by atoms with E-state index in [4.69, 9.17) is 44.3 Å². The third-order valence-corrected chi connectivity index (χ3v) is 7.74. The predicted octanol–water partition coefficient (Wildman–Crippen LogP) is 7.20. The lowest BCUT2D eigenvalue weighted by Gasteiger charge is -2.12. The number of hydrogen-bond acceptors (Lipinski definition) is 11. The zero-order valence-electron chi connectivity index (χ0n) is 26.9. The van der Waals surface area contributed by atoms with Crippen molar-refractivity contribution in [2.45, 2.75) is 26.6 Å². The number of esters is 2. The molecular weight excluding hydrogens is 812 g/mol. The summed E-state index contributed by atoms with van der Waals surface area (Å²) in [6.45, 7) is -1.02. The van der Waals surface area contributed by atoms with Crippen molar-refractivity contribution in [1.82, 2.24) is 14.3 Å². The number of aromatic nitrogens is 3. The summed E-state index contributed by atoms with van der Waals surface area (Å²) < 4.78 is 104. The van der Waals surface area contributed by atoms with Crippen molar-refractivity contribution in [1.29, 1.82) is 0 Å². The Labute approximate surface area is 309 Å². The summed E-state index contributed by atoms with van der Waals surface area (Å²) >= 11 is 17.6. The van der Waals surface area contributed by atoms with Gasteiger partial charge < -0.3 is 14.2 Å². The first kappa shape index (κ1) is 42.4. The number of nitro benzene ring substituents is 1. The number of carbonyl (C=O) groups excluding carboxylic acids is 2. The molecule has 0 spiro atoms. The molecule has 0 fully saturated rings. The van der Waals surface area contributed by atoms with Gasteiger partial charge in [-0.3, -0.25) is 14.8 Å². The Morgan fingerprint density at radius 1 is 1.02 bits per heavy atom. The standard InChI is InChI=1S/C18H13ClF3NO7.C11H10Cl2F2N4O3S/c1-2-28-16(24)9-29-17(25)12-8-11(4-5-14(12)23(26)27)30-15-6-3-10(7-13(15)19)18(20,21)22;1-5-16-19(11(20)18(5)10(14)15)9-4-8(17-23(2,21)22)6(12)3-7(9)13/h3-8H,2,9H2,1H3;3-4,10,17H,1-2H3. The second-order valence-electron chi connectivity index (χ2n) is 10.1. The van der Waals surface area contributed by atoms with Gasteiger partial charge in [-0.15, -0.1) is 5.10 Å². The average Bonchev–Trinajstić information content (AvgIpc) is 3.34. The highest BCUT2D eigenvalue weighted by atomic mass is 35.5. The molecule has 0 saturated carbocycles. The van der Waals surface area contributed by atoms with Crippen LogP contribution in [0.1, 0.15) is 35.2 Å². The number of anilines is 1. The molecule has 4 aromatic rings. The lowest BCUT2D eigenvalue weighted by molar-refractivity contribution is -0.385. The Bertz CT molecular complexity index is 2220. The van der Waals surface area contributed by atoms with Crippen LogP contribution in [0.2, 0.25) is 15.1 Å². The SMILES string of the molecule is CCOC(=O)COC(=O)c1cc(Oc2ccc(C(F)(F)F)cc2Cl)ccc1[N+](=O)[O-].Cc1nn(-c2cc(NS(C)(=O)=O)c(Cl)cc2Cl)c(=O)n1C(F)F. The molecule has 0 aliphatic rings. The van der Waals surface area contributed by atoms with Crippen LogP contribution >= 0.6 is 34.8 Å². The number of nitro groups is 1. The summed E-state index contributed by atoms with van der Waals surface area (Å²) in [7, 11) is -3.65. The monoisotopic (exact) mass is 833 g/mol. The van der Waals surface area contributed by atoms with Gasteiger partial charge >= 0.3 is 30.4 Å². The average molecular weight is 835 g/mol. The van der Waals surface area contributed by atoms with Crippen LogP contribution in [0.3, 0.4) is 0 Å². The summed E-state index contributed by atoms with van der Waals surface area (Å²) in [6.07, 6.45) is -3.70. The number of aryl methyl sites for hydroxylation is 1. The second-order valence-corrected chi connectivity index (χ2v) is 13.1. The van der Waals surface area contributed by atoms with Gasteiger partial charge in [0, 0.05) is 12.1 Å². The highest BCUT2D eigenvalue weighted by molar-refractivity contribution is 7.92. The molecule has 3 aromatic carbocycles. The maximum absolute atomic E-state index is 12.8. The summed E-state index contributed by atoms with van der Waals surface area (Å²) in [5.41, 5.74) is -3.43. The van der Waals surface area contributed by atoms with Crippen molar-refractivity contribution in [3.63, 3.8) is 0 Å². The number of halogens is 8. The zero-order chi connectivity index (χ0) is 40.0. The van der Waals surface area contributed by atoms with E-state index in [-0.39, 0.29) is 54.9 Å². The molecular formula is C29H23Cl3F5N5O10S. The van der Waals surface area contributed by atoms with E-state index < -0.39 is 68.7 Å². The summed E-state index contributed by atoms with van der Waals surface area (Å²) in [6, 6.07) is 7.66. The lowest BCUT2D eigenvalue weighted by atomic mass is 10.1. The molecule has 24 heteroatoms. The van der Waals surface area contributed by atoms with Gasteiger partial charge in [-0.2, -0.15) is 26.6 Å². The molecule has 0 amide bonds. The van der Waals surface area contributed by atoms with Gasteiger partial charge in [0.15, 0.2) is 6.61 Å². The van der Waals surface area contributed by atoms with Crippen LogP contribution < -0.4 is 15.1 Å². The molecule has 0 unspecified atom stereocenters. The van der Waals surface area contributed by atoms with Crippen LogP contribution in [0.4, 0.5) is 33.3 Å². The van der Waals surface area contributed by atoms with Crippen molar-refractivity contribution < 1.29 is 59.1 Å². The van der Waals surface area contributed by atoms with Gasteiger partial charge in [0.1, 0.15) is 22.9 Å². The number of benzene rings is 3. The third-order valence-electron chi connectivity index (χ3n) is 6.23. The largest absolute Gasteiger partial charge is 0.463 e. The van der Waals surface area contributed by atoms with E-state index in [1.165, 1.54) is 19.9 Å². The van der Waals surface area contributed by atoms with Gasteiger partial charge in [0.25, 0.3) is 5.69 Å². The Hall–Kier alpha value is -4.99. The fourth-order valence-corrected chi connectivity index (χ4v) is 5.38. The van der Waals surface area contributed by atoms with E-state index in [0.717, 1.165) is 42.7 Å². The number of ether oxygens (including phenoxy) is 3. The van der Waals surface area contributed by atoms with Crippen LogP contribution in [0.5, 0.6) is 11.5 Å². The maximum Gasteiger partial charge on any atom is 0.416 e. The first-order valence-electron chi connectivity index (χ1n) is 14.1. The minimum atomic E-state index is -4.61. The molecule has 0 atom stereocenters. The van der Waals surface area contributed by atoms with E-state index in [9.17, 15) is 54.9 Å². The van der Waals surface area contributed by atoms with Crippen LogP contribution in [0.25, 0.3) is 5.69 Å². The van der Waals surface area contributed by atoms with Crippen molar-refractivity contribution in [3.05, 3.63) is 101 Å². The van der Waals surface area contributed by atoms with E-state index in [2.05, 4.69) is 14.6 Å². The summed E-state index contributed by atoms with van der Waals surface area (Å²) in [5, 5.41) is 14.4. The van der Waals surface area contributed by atoms with Gasteiger partial charge in [-0.1, -0.05) is 34.8 Å². The van der Waals surface area contributed by atoms with Crippen LogP contribution in [-0.4, -0.2) is 59.1 Å². The Morgan fingerprint density at radius 3 is 2.21 bits per heavy atom. The van der Waals surface area contributed by atoms with Gasteiger partial charge in [0.2, 0.25) is 10.0 Å². The Balaban J connectivity index is 0.000000295. The molecule has 0 saturated heterocycles. The first-order valence-corrected chi connectivity index (χ1v) is 17.2. The summed E-state index contributed by atoms with van der Waals surface area (Å²) in [5.74, 6) is -2.58. The Kier molecular flexibility index (Phi) is 13.8. The van der Waals surface area contributed by atoms with Crippen LogP contribution in [0, 0.1) is 17.0 Å². The van der Waals surface area contributed by atoms with E-state index >= 15 is 0 Å². The number of alkyl halides is 5. The third kappa shape index (κ3) is 11.2. The predicted molar refractivity (Wildman–Crippen MR) is 179 cm³/mol. The van der Waals surface area contributed by atoms with Gasteiger partial charge in [0.05, 0.1) is 49.8 Å². The molecule has 0 bridgehead atoms. The fourth-order valence-electron chi connectivity index (χ4n) is 4.03. The smallest absolute Gasteiger partial charge is 0.416 e. The number of carbonyl (C=O) groups is 2. The lowest BCUT2D eigenvalue weighted by Crippen LogP contribution is -2.25. The molecule has 15 nitrogen and oxygen atoms in total. The molecule has 1 heterocycles. The highest BCUT2D eigenvalue weighted by Crippen LogP contribution is 2.37. The van der Waals surface area contributed by atoms with Crippen molar-refractivity contribution in [2.75, 3.05) is 24.2 Å². The van der Waals surface area contributed by atoms with Gasteiger partial charge in [-0.25, -0.2) is 27.4 Å². The van der Waals surface area contributed by atoms with E-state index in [0.29, 0.717) is 10.7 Å². The molecule has 4 rings (SSSR count). The molecule has 286 valence electrons. The summed E-state index contributed by atoms with van der Waals surface area (Å²) in [4.78, 5) is 45.8. The molecule has 1 aromatic heterocycles. The zero-order valence-corrected chi connectivity index (χ0v) is 30.0. The number of nitrogens with one attached hydrogen (secondary N) is 1. The number of sulfonamides is 1.